The zero-order valence-electron chi connectivity index (χ0n) is 16.4. The number of benzene rings is 1. The number of piperazine rings is 1. The number of nitrogens with zero attached hydrogens (tertiary/aromatic N) is 3. The van der Waals surface area contributed by atoms with Gasteiger partial charge in [-0.2, -0.15) is 0 Å². The third-order valence-electron chi connectivity index (χ3n) is 5.59. The molecule has 152 valence electrons. The number of likely N-dealkylation sites (tertiary alicyclic amines) is 1. The highest BCUT2D eigenvalue weighted by atomic mass is 19.1. The van der Waals surface area contributed by atoms with Crippen molar-refractivity contribution in [1.82, 2.24) is 14.7 Å². The molecule has 0 unspecified atom stereocenters. The molecule has 1 aromatic carbocycles. The second-order valence-electron chi connectivity index (χ2n) is 7.52. The van der Waals surface area contributed by atoms with E-state index in [1.807, 2.05) is 11.8 Å². The van der Waals surface area contributed by atoms with E-state index in [4.69, 9.17) is 0 Å². The molecule has 1 aromatic rings. The number of rotatable bonds is 5. The topological polar surface area (TPSA) is 60.9 Å². The van der Waals surface area contributed by atoms with E-state index in [2.05, 4.69) is 0 Å². The Morgan fingerprint density at radius 1 is 0.964 bits per heavy atom. The van der Waals surface area contributed by atoms with E-state index in [1.165, 1.54) is 21.9 Å². The summed E-state index contributed by atoms with van der Waals surface area (Å²) in [5.41, 5.74) is 0.767. The van der Waals surface area contributed by atoms with E-state index in [9.17, 15) is 18.8 Å². The summed E-state index contributed by atoms with van der Waals surface area (Å²) in [6.45, 7) is 4.29. The molecule has 2 heterocycles. The maximum absolute atomic E-state index is 13.1. The Kier molecular flexibility index (Phi) is 6.65. The van der Waals surface area contributed by atoms with Crippen molar-refractivity contribution < 1.29 is 18.8 Å². The molecule has 6 nitrogen and oxygen atoms in total. The molecule has 2 fully saturated rings. The summed E-state index contributed by atoms with van der Waals surface area (Å²) in [4.78, 5) is 43.1. The monoisotopic (exact) mass is 389 g/mol. The summed E-state index contributed by atoms with van der Waals surface area (Å²) in [6, 6.07) is 5.31. The lowest BCUT2D eigenvalue weighted by molar-refractivity contribution is -0.161. The minimum atomic E-state index is -0.622. The van der Waals surface area contributed by atoms with Crippen LogP contribution < -0.4 is 0 Å². The maximum atomic E-state index is 13.1. The molecule has 2 aliphatic rings. The molecule has 0 radical (unpaired) electrons. The van der Waals surface area contributed by atoms with Gasteiger partial charge in [0.2, 0.25) is 5.91 Å². The number of carbonyl (C=O) groups excluding carboxylic acids is 3. The van der Waals surface area contributed by atoms with Crippen LogP contribution in [0.2, 0.25) is 0 Å². The van der Waals surface area contributed by atoms with Crippen LogP contribution in [0, 0.1) is 5.82 Å². The summed E-state index contributed by atoms with van der Waals surface area (Å²) in [6.07, 6.45) is 4.72. The molecule has 1 atom stereocenters. The van der Waals surface area contributed by atoms with Crippen molar-refractivity contribution in [2.75, 3.05) is 26.2 Å². The predicted octanol–water partition coefficient (Wildman–Crippen LogP) is 2.18. The van der Waals surface area contributed by atoms with E-state index < -0.39 is 17.9 Å². The van der Waals surface area contributed by atoms with Gasteiger partial charge in [-0.05, 0) is 37.0 Å². The van der Waals surface area contributed by atoms with Crippen molar-refractivity contribution in [1.29, 1.82) is 0 Å². The summed E-state index contributed by atoms with van der Waals surface area (Å²) in [5, 5.41) is 0. The third-order valence-corrected chi connectivity index (χ3v) is 5.59. The van der Waals surface area contributed by atoms with Crippen LogP contribution in [0.15, 0.2) is 24.3 Å². The first-order chi connectivity index (χ1) is 13.5. The van der Waals surface area contributed by atoms with Gasteiger partial charge in [0, 0.05) is 32.7 Å². The molecule has 7 heteroatoms. The molecule has 3 rings (SSSR count). The highest BCUT2D eigenvalue weighted by molar-refractivity contribution is 6.35. The van der Waals surface area contributed by atoms with Gasteiger partial charge < -0.3 is 14.7 Å². The molecular formula is C21H28FN3O3. The Morgan fingerprint density at radius 2 is 1.61 bits per heavy atom. The highest BCUT2D eigenvalue weighted by Gasteiger charge is 2.39. The standard InChI is InChI=1S/C21H28FN3O3/c1-2-18(19(26)23-11-5-3-4-6-12-23)25-14-13-24(20(27)21(25)28)15-16-7-9-17(22)10-8-16/h7-10,18H,2-6,11-15H2,1H3/t18-/m1/s1. The Hall–Kier alpha value is -2.44. The molecule has 2 saturated heterocycles. The van der Waals surface area contributed by atoms with Gasteiger partial charge in [0.05, 0.1) is 0 Å². The average molecular weight is 389 g/mol. The van der Waals surface area contributed by atoms with Crippen LogP contribution in [0.5, 0.6) is 0 Å². The fourth-order valence-electron chi connectivity index (χ4n) is 3.98. The minimum Gasteiger partial charge on any atom is -0.341 e. The lowest BCUT2D eigenvalue weighted by Crippen LogP contribution is -2.60. The molecule has 0 N–H and O–H groups in total. The first-order valence-corrected chi connectivity index (χ1v) is 10.1. The molecule has 0 saturated carbocycles. The van der Waals surface area contributed by atoms with Crippen molar-refractivity contribution in [2.24, 2.45) is 0 Å². The molecule has 2 aliphatic heterocycles. The van der Waals surface area contributed by atoms with E-state index in [0.717, 1.165) is 44.3 Å². The Labute approximate surface area is 165 Å². The van der Waals surface area contributed by atoms with Gasteiger partial charge in [-0.1, -0.05) is 31.9 Å². The number of amides is 3. The van der Waals surface area contributed by atoms with Gasteiger partial charge in [0.25, 0.3) is 0 Å². The maximum Gasteiger partial charge on any atom is 0.312 e. The molecule has 3 amide bonds. The van der Waals surface area contributed by atoms with Gasteiger partial charge in [0.15, 0.2) is 0 Å². The van der Waals surface area contributed by atoms with Crippen molar-refractivity contribution in [3.8, 4) is 0 Å². The van der Waals surface area contributed by atoms with Crippen LogP contribution in [0.25, 0.3) is 0 Å². The summed E-state index contributed by atoms with van der Waals surface area (Å²) < 4.78 is 13.1. The van der Waals surface area contributed by atoms with Crippen LogP contribution in [0.4, 0.5) is 4.39 Å². The highest BCUT2D eigenvalue weighted by Crippen LogP contribution is 2.18. The first-order valence-electron chi connectivity index (χ1n) is 10.1. The van der Waals surface area contributed by atoms with Gasteiger partial charge in [-0.15, -0.1) is 0 Å². The van der Waals surface area contributed by atoms with Crippen LogP contribution in [-0.4, -0.2) is 64.6 Å². The second kappa shape index (κ2) is 9.17. The molecule has 0 bridgehead atoms. The SMILES string of the molecule is CC[C@H](C(=O)N1CCCCCC1)N1CCN(Cc2ccc(F)cc2)C(=O)C1=O. The largest absolute Gasteiger partial charge is 0.341 e. The second-order valence-corrected chi connectivity index (χ2v) is 7.52. The van der Waals surface area contributed by atoms with E-state index in [0.29, 0.717) is 19.5 Å². The molecule has 0 aromatic heterocycles. The van der Waals surface area contributed by atoms with Crippen molar-refractivity contribution in [2.45, 2.75) is 51.6 Å². The van der Waals surface area contributed by atoms with Gasteiger partial charge in [0.1, 0.15) is 11.9 Å². The zero-order chi connectivity index (χ0) is 20.1. The molecular weight excluding hydrogens is 361 g/mol. The number of carbonyl (C=O) groups is 3. The minimum absolute atomic E-state index is 0.0439. The van der Waals surface area contributed by atoms with Crippen LogP contribution in [0.1, 0.15) is 44.6 Å². The summed E-state index contributed by atoms with van der Waals surface area (Å²) in [7, 11) is 0. The van der Waals surface area contributed by atoms with Gasteiger partial charge >= 0.3 is 11.8 Å². The van der Waals surface area contributed by atoms with Crippen LogP contribution in [0.3, 0.4) is 0 Å². The first kappa shape index (κ1) is 20.3. The molecule has 0 aliphatic carbocycles. The predicted molar refractivity (Wildman–Crippen MR) is 103 cm³/mol. The van der Waals surface area contributed by atoms with E-state index >= 15 is 0 Å². The number of hydrogen-bond acceptors (Lipinski definition) is 3. The lowest BCUT2D eigenvalue weighted by Gasteiger charge is -2.39. The molecule has 0 spiro atoms. The van der Waals surface area contributed by atoms with Crippen molar-refractivity contribution in [3.05, 3.63) is 35.6 Å². The van der Waals surface area contributed by atoms with Crippen LogP contribution in [-0.2, 0) is 20.9 Å². The Balaban J connectivity index is 1.66. The Bertz CT molecular complexity index is 714. The Morgan fingerprint density at radius 3 is 2.21 bits per heavy atom. The number of hydrogen-bond donors (Lipinski definition) is 0. The van der Waals surface area contributed by atoms with E-state index in [1.54, 1.807) is 12.1 Å². The fourth-order valence-corrected chi connectivity index (χ4v) is 3.98. The van der Waals surface area contributed by atoms with Crippen LogP contribution >= 0.6 is 0 Å². The normalized spacial score (nSPS) is 19.6. The van der Waals surface area contributed by atoms with E-state index in [-0.39, 0.29) is 18.3 Å². The van der Waals surface area contributed by atoms with Gasteiger partial charge in [-0.25, -0.2) is 4.39 Å². The lowest BCUT2D eigenvalue weighted by atomic mass is 10.1. The van der Waals surface area contributed by atoms with Crippen molar-refractivity contribution in [3.63, 3.8) is 0 Å². The zero-order valence-corrected chi connectivity index (χ0v) is 16.4. The fraction of sp³-hybridized carbons (Fsp3) is 0.571. The molecule has 28 heavy (non-hydrogen) atoms. The summed E-state index contributed by atoms with van der Waals surface area (Å²) in [5.74, 6) is -1.60. The third kappa shape index (κ3) is 4.51. The van der Waals surface area contributed by atoms with Crippen molar-refractivity contribution >= 4 is 17.7 Å². The smallest absolute Gasteiger partial charge is 0.312 e. The number of halogens is 1. The van der Waals surface area contributed by atoms with Gasteiger partial charge in [-0.3, -0.25) is 14.4 Å². The summed E-state index contributed by atoms with van der Waals surface area (Å²) >= 11 is 0. The quantitative estimate of drug-likeness (QED) is 0.726. The average Bonchev–Trinajstić information content (AvgIpc) is 2.98.